The minimum absolute atomic E-state index is 0.314. The fraction of sp³-hybridized carbons (Fsp3) is 0.462. The minimum Gasteiger partial charge on any atom is -0.479 e. The van der Waals surface area contributed by atoms with Crippen molar-refractivity contribution in [3.05, 3.63) is 28.2 Å². The average molecular weight is 317 g/mol. The summed E-state index contributed by atoms with van der Waals surface area (Å²) in [5, 5.41) is 9.64. The van der Waals surface area contributed by atoms with Crippen LogP contribution in [0.4, 0.5) is 0 Å². The molecule has 0 aliphatic carbocycles. The normalized spacial score (nSPS) is 13.8. The molecule has 0 saturated heterocycles. The topological polar surface area (TPSA) is 55.8 Å². The van der Waals surface area contributed by atoms with Crippen LogP contribution in [0.5, 0.6) is 5.75 Å². The van der Waals surface area contributed by atoms with Gasteiger partial charge in [-0.1, -0.05) is 22.0 Å². The van der Waals surface area contributed by atoms with Crippen molar-refractivity contribution < 1.29 is 19.4 Å². The molecule has 0 fully saturated rings. The van der Waals surface area contributed by atoms with Gasteiger partial charge in [0, 0.05) is 10.0 Å². The number of rotatable bonds is 5. The zero-order valence-electron chi connectivity index (χ0n) is 10.6. The number of carbonyl (C=O) groups is 1. The first-order valence-electron chi connectivity index (χ1n) is 5.76. The second-order valence-electron chi connectivity index (χ2n) is 3.87. The van der Waals surface area contributed by atoms with Crippen molar-refractivity contribution in [2.45, 2.75) is 33.0 Å². The van der Waals surface area contributed by atoms with Crippen LogP contribution in [-0.2, 0) is 9.53 Å². The molecule has 0 amide bonds. The van der Waals surface area contributed by atoms with Crippen molar-refractivity contribution >= 4 is 21.9 Å². The largest absolute Gasteiger partial charge is 0.479 e. The fourth-order valence-electron chi connectivity index (χ4n) is 1.45. The molecule has 1 rings (SSSR count). The second-order valence-corrected chi connectivity index (χ2v) is 4.79. The Morgan fingerprint density at radius 2 is 2.11 bits per heavy atom. The lowest BCUT2D eigenvalue weighted by Gasteiger charge is -2.17. The van der Waals surface area contributed by atoms with Crippen LogP contribution in [0.3, 0.4) is 0 Å². The molecule has 2 unspecified atom stereocenters. The number of hydrogen-bond acceptors (Lipinski definition) is 4. The molecule has 1 N–H and O–H groups in total. The van der Waals surface area contributed by atoms with Crippen molar-refractivity contribution in [3.63, 3.8) is 0 Å². The van der Waals surface area contributed by atoms with E-state index in [1.165, 1.54) is 0 Å². The van der Waals surface area contributed by atoms with Gasteiger partial charge in [0.1, 0.15) is 5.75 Å². The lowest BCUT2D eigenvalue weighted by molar-refractivity contribution is -0.150. The Kier molecular flexibility index (Phi) is 5.62. The predicted octanol–water partition coefficient (Wildman–Crippen LogP) is 2.83. The summed E-state index contributed by atoms with van der Waals surface area (Å²) in [6.45, 7) is 5.31. The Labute approximate surface area is 115 Å². The average Bonchev–Trinajstić information content (AvgIpc) is 2.28. The molecule has 100 valence electrons. The SMILES string of the molecule is CCOC(=O)C(C)Oc1cc(Br)ccc1C(C)O. The van der Waals surface area contributed by atoms with E-state index < -0.39 is 18.2 Å². The van der Waals surface area contributed by atoms with Crippen molar-refractivity contribution in [2.75, 3.05) is 6.61 Å². The maximum atomic E-state index is 11.5. The Morgan fingerprint density at radius 3 is 2.67 bits per heavy atom. The third kappa shape index (κ3) is 3.99. The third-order valence-electron chi connectivity index (χ3n) is 2.35. The van der Waals surface area contributed by atoms with E-state index in [0.29, 0.717) is 17.9 Å². The van der Waals surface area contributed by atoms with E-state index in [9.17, 15) is 9.90 Å². The number of benzene rings is 1. The molecular weight excluding hydrogens is 300 g/mol. The summed E-state index contributed by atoms with van der Waals surface area (Å²) in [6.07, 6.45) is -1.38. The first-order chi connectivity index (χ1) is 8.45. The van der Waals surface area contributed by atoms with Gasteiger partial charge in [-0.15, -0.1) is 0 Å². The quantitative estimate of drug-likeness (QED) is 0.849. The van der Waals surface area contributed by atoms with Crippen molar-refractivity contribution in [2.24, 2.45) is 0 Å². The highest BCUT2D eigenvalue weighted by molar-refractivity contribution is 9.10. The summed E-state index contributed by atoms with van der Waals surface area (Å²) in [5.74, 6) is 0.0500. The van der Waals surface area contributed by atoms with Crippen LogP contribution in [0, 0.1) is 0 Å². The molecule has 0 radical (unpaired) electrons. The standard InChI is InChI=1S/C13H17BrO4/c1-4-17-13(16)9(3)18-12-7-10(14)5-6-11(12)8(2)15/h5-9,15H,4H2,1-3H3. The van der Waals surface area contributed by atoms with Gasteiger partial charge >= 0.3 is 5.97 Å². The molecule has 0 aliphatic heterocycles. The second kappa shape index (κ2) is 6.75. The highest BCUT2D eigenvalue weighted by Crippen LogP contribution is 2.29. The van der Waals surface area contributed by atoms with E-state index in [1.54, 1.807) is 32.9 Å². The third-order valence-corrected chi connectivity index (χ3v) is 2.84. The van der Waals surface area contributed by atoms with Crippen LogP contribution in [-0.4, -0.2) is 23.8 Å². The molecule has 0 spiro atoms. The molecule has 0 heterocycles. The minimum atomic E-state index is -0.711. The van der Waals surface area contributed by atoms with Gasteiger partial charge < -0.3 is 14.6 Å². The lowest BCUT2D eigenvalue weighted by Crippen LogP contribution is -2.26. The maximum Gasteiger partial charge on any atom is 0.347 e. The molecule has 1 aromatic rings. The molecule has 1 aromatic carbocycles. The van der Waals surface area contributed by atoms with Gasteiger partial charge in [0.15, 0.2) is 6.10 Å². The predicted molar refractivity (Wildman–Crippen MR) is 71.5 cm³/mol. The number of ether oxygens (including phenoxy) is 2. The summed E-state index contributed by atoms with van der Waals surface area (Å²) in [7, 11) is 0. The number of aliphatic hydroxyl groups is 1. The van der Waals surface area contributed by atoms with Crippen LogP contribution in [0.1, 0.15) is 32.4 Å². The van der Waals surface area contributed by atoms with Gasteiger partial charge in [0.25, 0.3) is 0 Å². The molecule has 4 nitrogen and oxygen atoms in total. The highest BCUT2D eigenvalue weighted by Gasteiger charge is 2.18. The summed E-state index contributed by atoms with van der Waals surface area (Å²) < 4.78 is 11.2. The van der Waals surface area contributed by atoms with E-state index in [1.807, 2.05) is 6.07 Å². The van der Waals surface area contributed by atoms with Crippen LogP contribution in [0.2, 0.25) is 0 Å². The van der Waals surface area contributed by atoms with E-state index in [4.69, 9.17) is 9.47 Å². The first kappa shape index (κ1) is 15.0. The molecule has 18 heavy (non-hydrogen) atoms. The zero-order valence-corrected chi connectivity index (χ0v) is 12.2. The monoisotopic (exact) mass is 316 g/mol. The van der Waals surface area contributed by atoms with Crippen LogP contribution >= 0.6 is 15.9 Å². The van der Waals surface area contributed by atoms with Gasteiger partial charge in [0.2, 0.25) is 0 Å². The number of esters is 1. The summed E-state index contributed by atoms with van der Waals surface area (Å²) >= 11 is 3.33. The fourth-order valence-corrected chi connectivity index (χ4v) is 1.79. The van der Waals surface area contributed by atoms with Crippen molar-refractivity contribution in [1.29, 1.82) is 0 Å². The summed E-state index contributed by atoms with van der Waals surface area (Å²) in [6, 6.07) is 5.28. The Morgan fingerprint density at radius 1 is 1.44 bits per heavy atom. The van der Waals surface area contributed by atoms with Gasteiger partial charge in [-0.25, -0.2) is 4.79 Å². The highest BCUT2D eigenvalue weighted by atomic mass is 79.9. The van der Waals surface area contributed by atoms with Gasteiger partial charge in [-0.2, -0.15) is 0 Å². The lowest BCUT2D eigenvalue weighted by atomic mass is 10.1. The van der Waals surface area contributed by atoms with Gasteiger partial charge in [-0.05, 0) is 32.9 Å². The summed E-state index contributed by atoms with van der Waals surface area (Å²) in [5.41, 5.74) is 0.634. The van der Waals surface area contributed by atoms with Crippen molar-refractivity contribution in [3.8, 4) is 5.75 Å². The number of hydrogen-bond donors (Lipinski definition) is 1. The van der Waals surface area contributed by atoms with Crippen LogP contribution < -0.4 is 4.74 Å². The maximum absolute atomic E-state index is 11.5. The van der Waals surface area contributed by atoms with E-state index >= 15 is 0 Å². The number of halogens is 1. The molecule has 2 atom stereocenters. The zero-order chi connectivity index (χ0) is 13.7. The number of aliphatic hydroxyl groups excluding tert-OH is 1. The molecule has 0 bridgehead atoms. The molecule has 0 aromatic heterocycles. The summed E-state index contributed by atoms with van der Waals surface area (Å²) in [4.78, 5) is 11.5. The molecule has 0 aliphatic rings. The number of carbonyl (C=O) groups excluding carboxylic acids is 1. The van der Waals surface area contributed by atoms with E-state index in [-0.39, 0.29) is 0 Å². The molecule has 0 saturated carbocycles. The van der Waals surface area contributed by atoms with Gasteiger partial charge in [0.05, 0.1) is 12.7 Å². The first-order valence-corrected chi connectivity index (χ1v) is 6.55. The van der Waals surface area contributed by atoms with E-state index in [0.717, 1.165) is 4.47 Å². The van der Waals surface area contributed by atoms with Crippen LogP contribution in [0.15, 0.2) is 22.7 Å². The molecular formula is C13H17BrO4. The van der Waals surface area contributed by atoms with Gasteiger partial charge in [-0.3, -0.25) is 0 Å². The Hall–Kier alpha value is -1.07. The van der Waals surface area contributed by atoms with Crippen LogP contribution in [0.25, 0.3) is 0 Å². The van der Waals surface area contributed by atoms with Crippen molar-refractivity contribution in [1.82, 2.24) is 0 Å². The van der Waals surface area contributed by atoms with E-state index in [2.05, 4.69) is 15.9 Å². The smallest absolute Gasteiger partial charge is 0.347 e. The Bertz CT molecular complexity index is 417. The Balaban J connectivity index is 2.88. The molecule has 5 heteroatoms.